The maximum atomic E-state index is 13.0. The van der Waals surface area contributed by atoms with Gasteiger partial charge >= 0.3 is 15.2 Å². The highest BCUT2D eigenvalue weighted by molar-refractivity contribution is 7.60. The molecule has 0 aliphatic heterocycles. The molecule has 2 aromatic carbocycles. The summed E-state index contributed by atoms with van der Waals surface area (Å²) in [6, 6.07) is 9.16. The summed E-state index contributed by atoms with van der Waals surface area (Å²) in [7, 11) is -8.33. The number of hydrogen-bond acceptors (Lipinski definition) is 7. The highest BCUT2D eigenvalue weighted by atomic mass is 31.2. The van der Waals surface area contributed by atoms with Gasteiger partial charge in [-0.15, -0.1) is 0 Å². The van der Waals surface area contributed by atoms with Crippen molar-refractivity contribution in [1.29, 1.82) is 0 Å². The molecule has 2 aromatic rings. The van der Waals surface area contributed by atoms with Gasteiger partial charge in [0.2, 0.25) is 5.91 Å². The second kappa shape index (κ2) is 16.0. The van der Waals surface area contributed by atoms with Crippen molar-refractivity contribution < 1.29 is 42.3 Å². The molecule has 3 rings (SSSR count). The number of benzene rings is 2. The molecule has 1 atom stereocenters. The summed E-state index contributed by atoms with van der Waals surface area (Å²) in [6.07, 6.45) is 5.82. The van der Waals surface area contributed by atoms with E-state index in [0.717, 1.165) is 12.8 Å². The predicted molar refractivity (Wildman–Crippen MR) is 165 cm³/mol. The number of amides is 2. The first-order valence-corrected chi connectivity index (χ1v) is 18.1. The summed E-state index contributed by atoms with van der Waals surface area (Å²) in [5.74, 6) is 0.00341. The molecular weight excluding hydrogens is 594 g/mol. The van der Waals surface area contributed by atoms with Crippen molar-refractivity contribution in [3.8, 4) is 5.75 Å². The summed E-state index contributed by atoms with van der Waals surface area (Å²) in [6.45, 7) is 5.88. The van der Waals surface area contributed by atoms with E-state index in [1.807, 2.05) is 0 Å². The van der Waals surface area contributed by atoms with Crippen LogP contribution in [0.1, 0.15) is 92.4 Å². The highest BCUT2D eigenvalue weighted by Crippen LogP contribution is 2.52. The first-order chi connectivity index (χ1) is 20.3. The Morgan fingerprint density at radius 2 is 1.70 bits per heavy atom. The zero-order chi connectivity index (χ0) is 31.6. The van der Waals surface area contributed by atoms with E-state index in [9.17, 15) is 28.5 Å². The van der Waals surface area contributed by atoms with Gasteiger partial charge in [0, 0.05) is 6.42 Å². The minimum absolute atomic E-state index is 0.0475. The molecule has 1 unspecified atom stereocenters. The van der Waals surface area contributed by atoms with Crippen LogP contribution in [-0.2, 0) is 35.6 Å². The smallest absolute Gasteiger partial charge is 0.356 e. The molecule has 0 spiro atoms. The van der Waals surface area contributed by atoms with Crippen molar-refractivity contribution >= 4 is 32.3 Å². The average molecular weight is 639 g/mol. The molecule has 13 heteroatoms. The van der Waals surface area contributed by atoms with Gasteiger partial charge in [-0.3, -0.25) is 18.7 Å². The molecule has 0 radical (unpaired) electrons. The third-order valence-corrected chi connectivity index (χ3v) is 10.5. The fourth-order valence-electron chi connectivity index (χ4n) is 5.25. The molecule has 43 heavy (non-hydrogen) atoms. The highest BCUT2D eigenvalue weighted by Gasteiger charge is 2.30. The normalized spacial score (nSPS) is 15.2. The van der Waals surface area contributed by atoms with Gasteiger partial charge in [0.1, 0.15) is 5.75 Å². The Labute approximate surface area is 253 Å². The topological polar surface area (TPSA) is 174 Å². The van der Waals surface area contributed by atoms with Gasteiger partial charge in [-0.25, -0.2) is 0 Å². The van der Waals surface area contributed by atoms with Crippen molar-refractivity contribution in [2.24, 2.45) is 11.7 Å². The predicted octanol–water partition coefficient (Wildman–Crippen LogP) is 5.12. The number of nitrogens with two attached hydrogens (primary N) is 1. The molecule has 1 aliphatic carbocycles. The number of nitrogens with one attached hydrogen (secondary N) is 1. The van der Waals surface area contributed by atoms with Crippen molar-refractivity contribution in [3.63, 3.8) is 0 Å². The zero-order valence-corrected chi connectivity index (χ0v) is 26.9. The lowest BCUT2D eigenvalue weighted by Crippen LogP contribution is -2.27. The van der Waals surface area contributed by atoms with Crippen LogP contribution in [0.2, 0.25) is 0 Å². The van der Waals surface area contributed by atoms with Crippen molar-refractivity contribution in [1.82, 2.24) is 5.32 Å². The molecule has 1 saturated carbocycles. The third-order valence-electron chi connectivity index (χ3n) is 7.47. The molecule has 1 fully saturated rings. The lowest BCUT2D eigenvalue weighted by molar-refractivity contribution is -0.121. The van der Waals surface area contributed by atoms with Crippen LogP contribution in [0.4, 0.5) is 0 Å². The van der Waals surface area contributed by atoms with E-state index in [4.69, 9.17) is 19.5 Å². The van der Waals surface area contributed by atoms with Gasteiger partial charge < -0.3 is 34.6 Å². The quantitative estimate of drug-likeness (QED) is 0.182. The van der Waals surface area contributed by atoms with Crippen LogP contribution in [0, 0.1) is 5.92 Å². The van der Waals surface area contributed by atoms with E-state index in [2.05, 4.69) is 5.32 Å². The summed E-state index contributed by atoms with van der Waals surface area (Å²) in [5.41, 5.74) is 7.28. The van der Waals surface area contributed by atoms with Crippen molar-refractivity contribution in [2.45, 2.75) is 77.9 Å². The zero-order valence-electron chi connectivity index (χ0n) is 25.1. The number of primary amides is 1. The molecule has 1 aliphatic rings. The van der Waals surface area contributed by atoms with Crippen LogP contribution in [0.5, 0.6) is 5.75 Å². The van der Waals surface area contributed by atoms with Crippen LogP contribution in [-0.4, -0.2) is 41.4 Å². The van der Waals surface area contributed by atoms with E-state index < -0.39 is 27.1 Å². The van der Waals surface area contributed by atoms with Gasteiger partial charge in [0.25, 0.3) is 5.91 Å². The maximum Gasteiger partial charge on any atom is 0.356 e. The number of carbonyl (C=O) groups excluding carboxylic acids is 2. The molecule has 2 amide bonds. The standard InChI is InChI=1S/C30H44N2O9P2/c1-4-40-42(35,41-5-2)20-25-13-11-22(17-28(25)43(36,37)38)12-16-29(33)32-21(3)24-14-15-27(26(18-24)30(31)34)39-19-23-9-7-6-8-10-23/h11,13-15,17-18,21,23H,4-10,12,16,19-20H2,1-3H3,(H2,31,34)(H,32,33)(H2,36,37,38). The number of rotatable bonds is 16. The minimum Gasteiger partial charge on any atom is -0.492 e. The second-order valence-corrected chi connectivity index (χ2v) is 14.5. The molecule has 0 heterocycles. The first kappa shape index (κ1) is 35.0. The van der Waals surface area contributed by atoms with Gasteiger partial charge in [0.15, 0.2) is 0 Å². The number of aryl methyl sites for hydroxylation is 1. The van der Waals surface area contributed by atoms with E-state index in [-0.39, 0.29) is 54.6 Å². The molecule has 0 saturated heterocycles. The van der Waals surface area contributed by atoms with E-state index in [0.29, 0.717) is 29.4 Å². The van der Waals surface area contributed by atoms with E-state index >= 15 is 0 Å². The van der Waals surface area contributed by atoms with Crippen LogP contribution in [0.3, 0.4) is 0 Å². The minimum atomic E-state index is -4.73. The Morgan fingerprint density at radius 1 is 1.02 bits per heavy atom. The van der Waals surface area contributed by atoms with Crippen LogP contribution in [0.25, 0.3) is 0 Å². The summed E-state index contributed by atoms with van der Waals surface area (Å²) in [4.78, 5) is 44.9. The average Bonchev–Trinajstić information content (AvgIpc) is 2.95. The monoisotopic (exact) mass is 638 g/mol. The molecule has 5 N–H and O–H groups in total. The SMILES string of the molecule is CCOP(=O)(Cc1ccc(CCC(=O)NC(C)c2ccc(OCC3CCCCC3)c(C(N)=O)c2)cc1P(=O)(O)O)OCC. The Hall–Kier alpha value is -2.52. The summed E-state index contributed by atoms with van der Waals surface area (Å²) >= 11 is 0. The third kappa shape index (κ3) is 10.6. The van der Waals surface area contributed by atoms with Crippen LogP contribution >= 0.6 is 15.2 Å². The molecule has 0 aromatic heterocycles. The Bertz CT molecular complexity index is 1350. The molecule has 238 valence electrons. The van der Waals surface area contributed by atoms with Gasteiger partial charge in [-0.2, -0.15) is 0 Å². The Kier molecular flexibility index (Phi) is 13.0. The van der Waals surface area contributed by atoms with Crippen LogP contribution < -0.4 is 21.1 Å². The van der Waals surface area contributed by atoms with Crippen molar-refractivity contribution in [3.05, 3.63) is 58.7 Å². The van der Waals surface area contributed by atoms with E-state index in [1.54, 1.807) is 45.0 Å². The molecular formula is C30H44N2O9P2. The largest absolute Gasteiger partial charge is 0.492 e. The lowest BCUT2D eigenvalue weighted by atomic mass is 9.90. The second-order valence-electron chi connectivity index (χ2n) is 10.8. The van der Waals surface area contributed by atoms with Gasteiger partial charge in [-0.1, -0.05) is 37.5 Å². The van der Waals surface area contributed by atoms with E-state index in [1.165, 1.54) is 31.4 Å². The molecule has 11 nitrogen and oxygen atoms in total. The van der Waals surface area contributed by atoms with Crippen LogP contribution in [0.15, 0.2) is 36.4 Å². The number of carbonyl (C=O) groups is 2. The summed E-state index contributed by atoms with van der Waals surface area (Å²) in [5, 5.41) is 2.62. The lowest BCUT2D eigenvalue weighted by Gasteiger charge is -2.22. The van der Waals surface area contributed by atoms with Gasteiger partial charge in [-0.05, 0) is 80.8 Å². The van der Waals surface area contributed by atoms with Gasteiger partial charge in [0.05, 0.1) is 42.9 Å². The number of hydrogen-bond donors (Lipinski definition) is 4. The molecule has 0 bridgehead atoms. The number of ether oxygens (including phenoxy) is 1. The fourth-order valence-corrected chi connectivity index (χ4v) is 7.98. The Morgan fingerprint density at radius 3 is 2.30 bits per heavy atom. The maximum absolute atomic E-state index is 13.0. The van der Waals surface area contributed by atoms with Crippen molar-refractivity contribution in [2.75, 3.05) is 19.8 Å². The fraction of sp³-hybridized carbons (Fsp3) is 0.533. The summed E-state index contributed by atoms with van der Waals surface area (Å²) < 4.78 is 41.8. The Balaban J connectivity index is 1.64. The first-order valence-electron chi connectivity index (χ1n) is 14.8.